The fourth-order valence-corrected chi connectivity index (χ4v) is 3.22. The van der Waals surface area contributed by atoms with E-state index in [1.54, 1.807) is 28.9 Å². The van der Waals surface area contributed by atoms with E-state index in [0.29, 0.717) is 0 Å². The maximum Gasteiger partial charge on any atom is 0.175 e. The van der Waals surface area contributed by atoms with Crippen molar-refractivity contribution in [1.82, 2.24) is 9.78 Å². The fourth-order valence-electron chi connectivity index (χ4n) is 2.59. The largest absolute Gasteiger partial charge is 0.257 e. The molecule has 0 saturated carbocycles. The van der Waals surface area contributed by atoms with E-state index in [2.05, 4.69) is 11.2 Å². The molecule has 2 aromatic carbocycles. The van der Waals surface area contributed by atoms with E-state index < -0.39 is 9.84 Å². The zero-order valence-electron chi connectivity index (χ0n) is 14.0. The summed E-state index contributed by atoms with van der Waals surface area (Å²) in [5.41, 5.74) is 4.59. The maximum atomic E-state index is 11.6. The zero-order chi connectivity index (χ0) is 18.0. The van der Waals surface area contributed by atoms with Crippen molar-refractivity contribution in [3.05, 3.63) is 60.3 Å². The second-order valence-corrected chi connectivity index (χ2v) is 7.93. The molecule has 0 radical (unpaired) electrons. The molecule has 0 bridgehead atoms. The Morgan fingerprint density at radius 3 is 2.20 bits per heavy atom. The van der Waals surface area contributed by atoms with Crippen molar-refractivity contribution in [2.75, 3.05) is 6.26 Å². The van der Waals surface area contributed by atoms with Gasteiger partial charge in [0.15, 0.2) is 9.84 Å². The van der Waals surface area contributed by atoms with Crippen molar-refractivity contribution in [3.8, 4) is 28.5 Å². The first-order valence-corrected chi connectivity index (χ1v) is 9.59. The van der Waals surface area contributed by atoms with Gasteiger partial charge in [-0.1, -0.05) is 42.0 Å². The summed E-state index contributed by atoms with van der Waals surface area (Å²) in [4.78, 5) is 0.268. The number of hydrogen-bond acceptors (Lipinski definition) is 4. The van der Waals surface area contributed by atoms with Crippen molar-refractivity contribution < 1.29 is 8.42 Å². The number of aromatic nitrogens is 2. The molecule has 0 saturated heterocycles. The number of nitrogens with zero attached hydrogens (tertiary/aromatic N) is 3. The number of hydrogen-bond donors (Lipinski definition) is 0. The lowest BCUT2D eigenvalue weighted by Crippen LogP contribution is -1.97. The molecule has 0 aliphatic carbocycles. The van der Waals surface area contributed by atoms with Gasteiger partial charge in [0.25, 0.3) is 0 Å². The monoisotopic (exact) mass is 351 g/mol. The summed E-state index contributed by atoms with van der Waals surface area (Å²) in [6.07, 6.45) is 3.02. The molecule has 1 aromatic heterocycles. The molecular formula is C19H17N3O2S. The molecule has 3 aromatic rings. The third-order valence-electron chi connectivity index (χ3n) is 3.91. The van der Waals surface area contributed by atoms with E-state index in [9.17, 15) is 8.42 Å². The van der Waals surface area contributed by atoms with Crippen LogP contribution < -0.4 is 0 Å². The Kier molecular flexibility index (Phi) is 4.43. The standard InChI is InChI=1S/C19H17N3O2S/c1-14-3-5-15(6-4-14)18-13-22(12-11-20)21-19(18)16-7-9-17(10-8-16)25(2,23)24/h3-10,13H,12H2,1-2H3. The van der Waals surface area contributed by atoms with Crippen LogP contribution in [0.3, 0.4) is 0 Å². The van der Waals surface area contributed by atoms with Crippen LogP contribution in [0.5, 0.6) is 0 Å². The third kappa shape index (κ3) is 3.62. The van der Waals surface area contributed by atoms with Crippen LogP contribution in [-0.2, 0) is 16.4 Å². The maximum absolute atomic E-state index is 11.6. The highest BCUT2D eigenvalue weighted by Crippen LogP contribution is 2.31. The Hall–Kier alpha value is -2.91. The molecule has 0 unspecified atom stereocenters. The van der Waals surface area contributed by atoms with Gasteiger partial charge < -0.3 is 0 Å². The van der Waals surface area contributed by atoms with Crippen LogP contribution in [0.15, 0.2) is 59.6 Å². The highest BCUT2D eigenvalue weighted by atomic mass is 32.2. The van der Waals surface area contributed by atoms with E-state index in [1.807, 2.05) is 37.4 Å². The summed E-state index contributed by atoms with van der Waals surface area (Å²) in [5, 5.41) is 13.5. The van der Waals surface area contributed by atoms with Crippen LogP contribution in [0.2, 0.25) is 0 Å². The number of nitriles is 1. The molecule has 126 valence electrons. The SMILES string of the molecule is Cc1ccc(-c2cn(CC#N)nc2-c2ccc(S(C)(=O)=O)cc2)cc1. The summed E-state index contributed by atoms with van der Waals surface area (Å²) in [6.45, 7) is 2.17. The van der Waals surface area contributed by atoms with Gasteiger partial charge in [-0.2, -0.15) is 10.4 Å². The summed E-state index contributed by atoms with van der Waals surface area (Å²) in [6, 6.07) is 16.8. The second-order valence-electron chi connectivity index (χ2n) is 5.91. The van der Waals surface area contributed by atoms with Crippen LogP contribution in [-0.4, -0.2) is 24.5 Å². The first-order valence-electron chi connectivity index (χ1n) is 7.70. The average molecular weight is 351 g/mol. The van der Waals surface area contributed by atoms with Gasteiger partial charge in [0.05, 0.1) is 11.0 Å². The van der Waals surface area contributed by atoms with Crippen LogP contribution >= 0.6 is 0 Å². The molecule has 5 nitrogen and oxygen atoms in total. The molecule has 0 amide bonds. The van der Waals surface area contributed by atoms with Crippen molar-refractivity contribution >= 4 is 9.84 Å². The molecule has 1 heterocycles. The predicted molar refractivity (Wildman–Crippen MR) is 96.6 cm³/mol. The van der Waals surface area contributed by atoms with Crippen LogP contribution in [0, 0.1) is 18.3 Å². The van der Waals surface area contributed by atoms with E-state index >= 15 is 0 Å². The molecule has 0 fully saturated rings. The molecule has 0 atom stereocenters. The lowest BCUT2D eigenvalue weighted by molar-refractivity contribution is 0.602. The molecule has 25 heavy (non-hydrogen) atoms. The molecular weight excluding hydrogens is 334 g/mol. The van der Waals surface area contributed by atoms with E-state index in [-0.39, 0.29) is 11.4 Å². The predicted octanol–water partition coefficient (Wildman–Crippen LogP) is 3.45. The lowest BCUT2D eigenvalue weighted by Gasteiger charge is -2.05. The average Bonchev–Trinajstić information content (AvgIpc) is 2.99. The Morgan fingerprint density at radius 1 is 1.04 bits per heavy atom. The van der Waals surface area contributed by atoms with Crippen LogP contribution in [0.4, 0.5) is 0 Å². The van der Waals surface area contributed by atoms with Crippen LogP contribution in [0.1, 0.15) is 5.56 Å². The van der Waals surface area contributed by atoms with E-state index in [0.717, 1.165) is 27.9 Å². The fraction of sp³-hybridized carbons (Fsp3) is 0.158. The molecule has 0 spiro atoms. The molecule has 0 aliphatic rings. The number of rotatable bonds is 4. The highest BCUT2D eigenvalue weighted by Gasteiger charge is 2.14. The van der Waals surface area contributed by atoms with E-state index in [1.165, 1.54) is 6.26 Å². The van der Waals surface area contributed by atoms with Crippen molar-refractivity contribution in [2.45, 2.75) is 18.4 Å². The minimum Gasteiger partial charge on any atom is -0.257 e. The van der Waals surface area contributed by atoms with Gasteiger partial charge in [-0.05, 0) is 24.6 Å². The first kappa shape index (κ1) is 16.9. The highest BCUT2D eigenvalue weighted by molar-refractivity contribution is 7.90. The van der Waals surface area contributed by atoms with Crippen LogP contribution in [0.25, 0.3) is 22.4 Å². The minimum atomic E-state index is -3.24. The van der Waals surface area contributed by atoms with Gasteiger partial charge in [0.2, 0.25) is 0 Å². The molecule has 0 N–H and O–H groups in total. The topological polar surface area (TPSA) is 75.8 Å². The quantitative estimate of drug-likeness (QED) is 0.721. The summed E-state index contributed by atoms with van der Waals surface area (Å²) >= 11 is 0. The molecule has 0 aliphatic heterocycles. The lowest BCUT2D eigenvalue weighted by atomic mass is 10.0. The van der Waals surface area contributed by atoms with Gasteiger partial charge in [-0.3, -0.25) is 4.68 Å². The molecule has 6 heteroatoms. The third-order valence-corrected chi connectivity index (χ3v) is 5.04. The van der Waals surface area contributed by atoms with Gasteiger partial charge in [-0.15, -0.1) is 0 Å². The number of aryl methyl sites for hydroxylation is 1. The minimum absolute atomic E-state index is 0.153. The second kappa shape index (κ2) is 6.54. The van der Waals surface area contributed by atoms with Gasteiger partial charge >= 0.3 is 0 Å². The first-order chi connectivity index (χ1) is 11.9. The number of sulfone groups is 1. The van der Waals surface area contributed by atoms with Crippen molar-refractivity contribution in [2.24, 2.45) is 0 Å². The van der Waals surface area contributed by atoms with E-state index in [4.69, 9.17) is 5.26 Å². The van der Waals surface area contributed by atoms with Crippen molar-refractivity contribution in [1.29, 1.82) is 5.26 Å². The smallest absolute Gasteiger partial charge is 0.175 e. The molecule has 3 rings (SSSR count). The summed E-state index contributed by atoms with van der Waals surface area (Å²) in [7, 11) is -3.24. The normalized spacial score (nSPS) is 11.2. The summed E-state index contributed by atoms with van der Waals surface area (Å²) in [5.74, 6) is 0. The van der Waals surface area contributed by atoms with Gasteiger partial charge in [0.1, 0.15) is 12.2 Å². The van der Waals surface area contributed by atoms with Gasteiger partial charge in [-0.25, -0.2) is 8.42 Å². The van der Waals surface area contributed by atoms with Gasteiger partial charge in [0, 0.05) is 23.6 Å². The zero-order valence-corrected chi connectivity index (χ0v) is 14.8. The Labute approximate surface area is 147 Å². The Morgan fingerprint density at radius 2 is 1.64 bits per heavy atom. The Bertz CT molecular complexity index is 1040. The summed E-state index contributed by atoms with van der Waals surface area (Å²) < 4.78 is 24.9. The van der Waals surface area contributed by atoms with Crippen molar-refractivity contribution in [3.63, 3.8) is 0 Å². The number of benzene rings is 2. The Balaban J connectivity index is 2.11.